The summed E-state index contributed by atoms with van der Waals surface area (Å²) in [4.78, 5) is 102. The first-order valence-corrected chi connectivity index (χ1v) is 50.0. The van der Waals surface area contributed by atoms with E-state index in [1.807, 2.05) is 77.1 Å². The number of amides is 5. The van der Waals surface area contributed by atoms with Crippen LogP contribution >= 0.6 is 82.6 Å². The molecule has 5 atom stereocenters. The third kappa shape index (κ3) is 22.6. The Hall–Kier alpha value is -8.47. The van der Waals surface area contributed by atoms with E-state index in [0.717, 1.165) is 237 Å². The molecule has 5 unspecified atom stereocenters. The number of anilines is 1. The molecule has 0 saturated carbocycles. The first-order chi connectivity index (χ1) is 63.1. The predicted octanol–water partition coefficient (Wildman–Crippen LogP) is 17.7. The van der Waals surface area contributed by atoms with Crippen LogP contribution in [0.1, 0.15) is 169 Å². The fourth-order valence-electron chi connectivity index (χ4n) is 21.2. The number of hydrogen-bond acceptors (Lipinski definition) is 16. The zero-order valence-electron chi connectivity index (χ0n) is 74.9. The van der Waals surface area contributed by atoms with Crippen molar-refractivity contribution >= 4 is 112 Å². The molecular formula is C103H117Br3Cl3N17O4. The summed E-state index contributed by atoms with van der Waals surface area (Å²) in [5, 5.41) is 5.33. The van der Waals surface area contributed by atoms with Gasteiger partial charge in [0.2, 0.25) is 17.7 Å². The Morgan fingerprint density at radius 2 is 0.800 bits per heavy atom. The molecule has 130 heavy (non-hydrogen) atoms. The van der Waals surface area contributed by atoms with Crippen molar-refractivity contribution in [3.8, 4) is 0 Å². The number of aryl methyl sites for hydroxylation is 9. The second kappa shape index (κ2) is 43.3. The third-order valence-electron chi connectivity index (χ3n) is 28.1. The first-order valence-electron chi connectivity index (χ1n) is 46.5. The number of fused-ring (bicyclic) bond motifs is 8. The molecule has 0 spiro atoms. The number of benzene rings is 4. The Bertz CT molecular complexity index is 5510. The van der Waals surface area contributed by atoms with Crippen LogP contribution < -0.4 is 5.32 Å². The molecular weight excluding hydrogens is 1890 g/mol. The number of carbonyl (C=O) groups is 4. The molecule has 6 aromatic heterocycles. The fraction of sp³-hybridized carbons (Fsp3) is 0.437. The lowest BCUT2D eigenvalue weighted by atomic mass is 9.93. The molecule has 6 saturated heterocycles. The Morgan fingerprint density at radius 3 is 1.25 bits per heavy atom. The van der Waals surface area contributed by atoms with Gasteiger partial charge in [-0.2, -0.15) is 0 Å². The smallest absolute Gasteiger partial charge is 0.321 e. The number of nitrogens with one attached hydrogen (secondary N) is 1. The van der Waals surface area contributed by atoms with Gasteiger partial charge in [0.1, 0.15) is 0 Å². The molecule has 27 heteroatoms. The van der Waals surface area contributed by atoms with Crippen LogP contribution in [0, 0.1) is 25.7 Å². The van der Waals surface area contributed by atoms with Gasteiger partial charge in [-0.25, -0.2) is 4.79 Å². The van der Waals surface area contributed by atoms with Crippen LogP contribution in [0.2, 0.25) is 15.1 Å². The Morgan fingerprint density at radius 1 is 0.385 bits per heavy atom. The number of aromatic nitrogens is 6. The van der Waals surface area contributed by atoms with Crippen molar-refractivity contribution in [2.24, 2.45) is 11.8 Å². The lowest BCUT2D eigenvalue weighted by Gasteiger charge is -2.40. The van der Waals surface area contributed by atoms with Crippen LogP contribution in [0.25, 0.3) is 0 Å². The minimum atomic E-state index is -0.0722. The number of carbonyl (C=O) groups excluding carboxylic acids is 4. The number of nitrogens with zero attached hydrogens (tertiary/aromatic N) is 16. The Labute approximate surface area is 805 Å². The summed E-state index contributed by atoms with van der Waals surface area (Å²) < 4.78 is 3.06. The number of halogens is 6. The van der Waals surface area contributed by atoms with Gasteiger partial charge >= 0.3 is 6.03 Å². The normalized spacial score (nSPS) is 21.0. The highest BCUT2D eigenvalue weighted by Crippen LogP contribution is 2.44. The predicted molar refractivity (Wildman–Crippen MR) is 526 cm³/mol. The fourth-order valence-corrected chi connectivity index (χ4v) is 23.0. The summed E-state index contributed by atoms with van der Waals surface area (Å²) in [6.45, 7) is 21.3. The van der Waals surface area contributed by atoms with Crippen molar-refractivity contribution in [1.82, 2.24) is 78.9 Å². The van der Waals surface area contributed by atoms with E-state index < -0.39 is 0 Å². The molecule has 6 aliphatic heterocycles. The van der Waals surface area contributed by atoms with E-state index in [1.54, 1.807) is 24.8 Å². The second-order valence-corrected chi connectivity index (χ2v) is 40.9. The summed E-state index contributed by atoms with van der Waals surface area (Å²) in [6.07, 6.45) is 28.6. The maximum Gasteiger partial charge on any atom is 0.321 e. The molecule has 10 aliphatic rings. The van der Waals surface area contributed by atoms with E-state index >= 15 is 0 Å². The van der Waals surface area contributed by atoms with Crippen molar-refractivity contribution in [2.45, 2.75) is 134 Å². The zero-order valence-corrected chi connectivity index (χ0v) is 82.0. The van der Waals surface area contributed by atoms with Gasteiger partial charge in [0.15, 0.2) is 0 Å². The monoisotopic (exact) mass is 2000 g/mol. The molecule has 4 aliphatic carbocycles. The van der Waals surface area contributed by atoms with Crippen molar-refractivity contribution < 1.29 is 19.2 Å². The van der Waals surface area contributed by atoms with E-state index in [0.29, 0.717) is 69.1 Å². The largest absolute Gasteiger partial charge is 0.340 e. The van der Waals surface area contributed by atoms with Crippen LogP contribution in [-0.2, 0) is 72.2 Å². The molecule has 1 N–H and O–H groups in total. The van der Waals surface area contributed by atoms with Crippen LogP contribution in [0.15, 0.2) is 184 Å². The highest BCUT2D eigenvalue weighted by Gasteiger charge is 2.40. The van der Waals surface area contributed by atoms with E-state index in [-0.39, 0.29) is 36.1 Å². The zero-order chi connectivity index (χ0) is 90.1. The van der Waals surface area contributed by atoms with E-state index in [4.69, 9.17) is 54.7 Å². The van der Waals surface area contributed by atoms with Crippen molar-refractivity contribution in [3.05, 3.63) is 306 Å². The summed E-state index contributed by atoms with van der Waals surface area (Å²) in [7, 11) is 4.33. The van der Waals surface area contributed by atoms with Crippen molar-refractivity contribution in [2.75, 3.05) is 150 Å². The van der Waals surface area contributed by atoms with Crippen molar-refractivity contribution in [3.63, 3.8) is 0 Å². The van der Waals surface area contributed by atoms with Gasteiger partial charge < -0.3 is 34.7 Å². The highest BCUT2D eigenvalue weighted by molar-refractivity contribution is 9.11. The third-order valence-corrected chi connectivity index (χ3v) is 30.3. The van der Waals surface area contributed by atoms with Gasteiger partial charge in [0, 0.05) is 196 Å². The van der Waals surface area contributed by atoms with Crippen LogP contribution in [-0.4, -0.2) is 248 Å². The lowest BCUT2D eigenvalue weighted by Crippen LogP contribution is -2.51. The number of piperazine rings is 4. The number of urea groups is 1. The number of hydrogen-bond donors (Lipinski definition) is 1. The Kier molecular flexibility index (Phi) is 31.1. The number of piperidine rings is 2. The molecule has 12 heterocycles. The molecule has 20 rings (SSSR count). The summed E-state index contributed by atoms with van der Waals surface area (Å²) >= 11 is 30.1. The second-order valence-electron chi connectivity index (χ2n) is 36.9. The van der Waals surface area contributed by atoms with Crippen LogP contribution in [0.3, 0.4) is 0 Å². The van der Waals surface area contributed by atoms with Gasteiger partial charge in [-0.15, -0.1) is 0 Å². The average Bonchev–Trinajstić information content (AvgIpc) is 1.59. The SMILES string of the molecule is CN1CCC(CC(=O)N2CCN(C3c4ccc(Cl)cc4CCc4cc(Br)cnc43)CC2)CC1.CN1CCCC(CC(=O)N2CCN(C3c4ccc(Cl)cc4CCc4cc(Br)cnc43)CC2)C1.Cc1ccc2c(c1)CCc1c(Cl)ccnc1C2N1CCN(C(=O)Cc2cccnc2)CC1.Cc1ccc2c(c1)CCc1cc(Br)cnc1C2N1CCN(C(=O)Nc2cccnc2)CC1. The van der Waals surface area contributed by atoms with E-state index in [1.165, 1.54) is 85.2 Å². The molecule has 6 fully saturated rings. The maximum atomic E-state index is 13.0. The molecule has 0 radical (unpaired) electrons. The van der Waals surface area contributed by atoms with Gasteiger partial charge in [-0.3, -0.25) is 63.9 Å². The molecule has 0 bridgehead atoms. The van der Waals surface area contributed by atoms with Gasteiger partial charge in [-0.1, -0.05) is 101 Å². The number of rotatable bonds is 11. The maximum absolute atomic E-state index is 13.0. The summed E-state index contributed by atoms with van der Waals surface area (Å²) in [6, 6.07) is 42.5. The topological polar surface area (TPSA) is 190 Å². The molecule has 4 aromatic carbocycles. The molecule has 680 valence electrons. The van der Waals surface area contributed by atoms with Crippen molar-refractivity contribution in [1.29, 1.82) is 0 Å². The van der Waals surface area contributed by atoms with Crippen LogP contribution in [0.4, 0.5) is 10.5 Å². The minimum absolute atomic E-state index is 0.0670. The first kappa shape index (κ1) is 93.3. The average molecular weight is 2000 g/mol. The standard InChI is InChI=1S/2C26H32BrClN4O.C26H27ClN4O.C25H26BrN5O/c1-30-8-6-18(7-9-30)14-24(33)31-10-12-32(13-11-31)26-23-5-4-22(28)16-19(23)2-3-20-15-21(27)17-29-25(20)26;1-30-8-2-3-18(17-30)13-24(33)31-9-11-32(12-10-31)26-23-7-6-22(28)15-19(23)4-5-20-14-21(27)16-29-25(20)26;1-18-4-6-21-20(15-18)5-7-22-23(27)8-10-29-25(22)26(21)31-13-11-30(12-14-31)24(32)16-19-3-2-9-28-17-19;1-17-4-7-22-18(13-17)5-6-19-14-20(26)15-28-23(19)24(22)30-9-11-31(12-10-30)25(32)29-21-3-2-8-27-16-21/h4-5,15-18,26H,2-3,6-14H2,1H3;6-7,14-16,18,26H,2-5,8-13,17H2,1H3;2-4,6,8-10,15,17,26H,5,7,11-14,16H2,1H3;2-4,7-8,13-16,24H,5-6,9-12H2,1H3,(H,29,32). The molecule has 10 aromatic rings. The van der Waals surface area contributed by atoms with E-state index in [9.17, 15) is 19.2 Å². The molecule has 21 nitrogen and oxygen atoms in total. The minimum Gasteiger partial charge on any atom is -0.340 e. The molecule has 5 amide bonds. The van der Waals surface area contributed by atoms with Gasteiger partial charge in [-0.05, 0) is 323 Å². The highest BCUT2D eigenvalue weighted by atomic mass is 79.9. The summed E-state index contributed by atoms with van der Waals surface area (Å²) in [5.41, 5.74) is 24.4. The number of likely N-dealkylation sites (tertiary alicyclic amines) is 2. The van der Waals surface area contributed by atoms with Crippen LogP contribution in [0.5, 0.6) is 0 Å². The van der Waals surface area contributed by atoms with Gasteiger partial charge in [0.05, 0.1) is 65.2 Å². The lowest BCUT2D eigenvalue weighted by molar-refractivity contribution is -0.135. The Balaban J connectivity index is 0.000000121. The quantitative estimate of drug-likeness (QED) is 0.129. The van der Waals surface area contributed by atoms with Gasteiger partial charge in [0.25, 0.3) is 0 Å². The van der Waals surface area contributed by atoms with E-state index in [2.05, 4.69) is 209 Å². The number of pyridine rings is 6. The summed E-state index contributed by atoms with van der Waals surface area (Å²) in [5.74, 6) is 1.86.